The molecule has 0 saturated carbocycles. The molecule has 0 bridgehead atoms. The van der Waals surface area contributed by atoms with Crippen LogP contribution in [-0.4, -0.2) is 20.7 Å². The molecule has 0 atom stereocenters. The number of carboxylic acids is 1. The van der Waals surface area contributed by atoms with Crippen LogP contribution in [0.15, 0.2) is 23.1 Å². The number of para-hydroxylation sites is 1. The Morgan fingerprint density at radius 3 is 2.41 bits per heavy atom. The highest BCUT2D eigenvalue weighted by Crippen LogP contribution is 2.39. The van der Waals surface area contributed by atoms with Crippen molar-refractivity contribution >= 4 is 23.4 Å². The van der Waals surface area contributed by atoms with E-state index in [-0.39, 0.29) is 16.0 Å². The van der Waals surface area contributed by atoms with E-state index in [1.165, 1.54) is 23.9 Å². The van der Waals surface area contributed by atoms with Crippen LogP contribution in [-0.2, 0) is 0 Å². The first-order chi connectivity index (χ1) is 7.72. The van der Waals surface area contributed by atoms with Crippen LogP contribution in [0.5, 0.6) is 0 Å². The molecule has 1 N–H and O–H groups in total. The van der Waals surface area contributed by atoms with Crippen molar-refractivity contribution in [2.45, 2.75) is 30.4 Å². The zero-order chi connectivity index (χ0) is 13.2. The predicted octanol–water partition coefficient (Wildman–Crippen LogP) is 3.18. The summed E-state index contributed by atoms with van der Waals surface area (Å²) in [5.74, 6) is -1.28. The van der Waals surface area contributed by atoms with Gasteiger partial charge in [0.25, 0.3) is 5.69 Å². The first kappa shape index (κ1) is 13.5. The van der Waals surface area contributed by atoms with E-state index in [0.29, 0.717) is 4.90 Å². The highest BCUT2D eigenvalue weighted by atomic mass is 32.2. The summed E-state index contributed by atoms with van der Waals surface area (Å²) in [7, 11) is 0. The summed E-state index contributed by atoms with van der Waals surface area (Å²) in [5, 5.41) is 19.9. The van der Waals surface area contributed by atoms with E-state index < -0.39 is 10.9 Å². The van der Waals surface area contributed by atoms with Gasteiger partial charge in [-0.3, -0.25) is 10.1 Å². The van der Waals surface area contributed by atoms with Gasteiger partial charge in [-0.2, -0.15) is 0 Å². The van der Waals surface area contributed by atoms with Gasteiger partial charge in [0.2, 0.25) is 0 Å². The Hall–Kier alpha value is -1.56. The predicted molar refractivity (Wildman–Crippen MR) is 65.7 cm³/mol. The van der Waals surface area contributed by atoms with E-state index in [2.05, 4.69) is 0 Å². The van der Waals surface area contributed by atoms with E-state index in [4.69, 9.17) is 5.11 Å². The van der Waals surface area contributed by atoms with Crippen molar-refractivity contribution in [2.75, 3.05) is 0 Å². The topological polar surface area (TPSA) is 80.4 Å². The molecule has 0 unspecified atom stereocenters. The summed E-state index contributed by atoms with van der Waals surface area (Å²) >= 11 is 1.28. The second kappa shape index (κ2) is 4.75. The van der Waals surface area contributed by atoms with Crippen LogP contribution in [0.25, 0.3) is 0 Å². The molecule has 1 rings (SSSR count). The molecule has 0 spiro atoms. The van der Waals surface area contributed by atoms with Gasteiger partial charge in [-0.25, -0.2) is 4.79 Å². The Morgan fingerprint density at radius 2 is 2.00 bits per heavy atom. The smallest absolute Gasteiger partial charge is 0.342 e. The highest BCUT2D eigenvalue weighted by Gasteiger charge is 2.27. The first-order valence-electron chi connectivity index (χ1n) is 4.92. The SMILES string of the molecule is CC(C)(C)Sc1cccc(C(=O)O)c1[N+](=O)[O-]. The van der Waals surface area contributed by atoms with Crippen LogP contribution in [0.4, 0.5) is 5.69 Å². The molecule has 0 saturated heterocycles. The third-order valence-electron chi connectivity index (χ3n) is 1.83. The Morgan fingerprint density at radius 1 is 1.41 bits per heavy atom. The standard InChI is InChI=1S/C11H13NO4S/c1-11(2,3)17-8-6-4-5-7(10(13)14)9(8)12(15)16/h4-6H,1-3H3,(H,13,14). The molecule has 1 aromatic carbocycles. The lowest BCUT2D eigenvalue weighted by atomic mass is 10.2. The molecule has 5 nitrogen and oxygen atoms in total. The van der Waals surface area contributed by atoms with Crippen molar-refractivity contribution in [3.8, 4) is 0 Å². The van der Waals surface area contributed by atoms with Crippen LogP contribution >= 0.6 is 11.8 Å². The molecule has 0 heterocycles. The van der Waals surface area contributed by atoms with E-state index in [1.807, 2.05) is 20.8 Å². The number of nitro benzene ring substituents is 1. The van der Waals surface area contributed by atoms with Gasteiger partial charge in [0.1, 0.15) is 5.56 Å². The van der Waals surface area contributed by atoms with Gasteiger partial charge in [0, 0.05) is 4.75 Å². The van der Waals surface area contributed by atoms with Gasteiger partial charge >= 0.3 is 5.97 Å². The third kappa shape index (κ3) is 3.45. The molecule has 0 aliphatic heterocycles. The second-order valence-electron chi connectivity index (χ2n) is 4.43. The molecule has 0 radical (unpaired) electrons. The molecule has 6 heteroatoms. The number of nitro groups is 1. The fraction of sp³-hybridized carbons (Fsp3) is 0.364. The number of nitrogens with zero attached hydrogens (tertiary/aromatic N) is 1. The maximum Gasteiger partial charge on any atom is 0.342 e. The van der Waals surface area contributed by atoms with E-state index in [9.17, 15) is 14.9 Å². The number of rotatable bonds is 3. The molecule has 0 aromatic heterocycles. The number of carbonyl (C=O) groups is 1. The van der Waals surface area contributed by atoms with Gasteiger partial charge in [-0.1, -0.05) is 26.8 Å². The summed E-state index contributed by atoms with van der Waals surface area (Å²) in [5.41, 5.74) is -0.607. The van der Waals surface area contributed by atoms with E-state index in [1.54, 1.807) is 6.07 Å². The van der Waals surface area contributed by atoms with Crippen molar-refractivity contribution in [3.63, 3.8) is 0 Å². The van der Waals surface area contributed by atoms with Crippen LogP contribution in [0.1, 0.15) is 31.1 Å². The lowest BCUT2D eigenvalue weighted by Gasteiger charge is -2.17. The number of aromatic carboxylic acids is 1. The average Bonchev–Trinajstić information content (AvgIpc) is 2.14. The monoisotopic (exact) mass is 255 g/mol. The Kier molecular flexibility index (Phi) is 3.77. The second-order valence-corrected chi connectivity index (χ2v) is 6.30. The third-order valence-corrected chi connectivity index (χ3v) is 2.99. The van der Waals surface area contributed by atoms with E-state index >= 15 is 0 Å². The lowest BCUT2D eigenvalue weighted by Crippen LogP contribution is -2.09. The zero-order valence-electron chi connectivity index (χ0n) is 9.76. The van der Waals surface area contributed by atoms with Gasteiger partial charge in [-0.05, 0) is 12.1 Å². The summed E-state index contributed by atoms with van der Waals surface area (Å²) in [6.45, 7) is 5.73. The van der Waals surface area contributed by atoms with Crippen LogP contribution in [0.3, 0.4) is 0 Å². The quantitative estimate of drug-likeness (QED) is 0.509. The van der Waals surface area contributed by atoms with Gasteiger partial charge < -0.3 is 5.11 Å². The Bertz CT molecular complexity index is 465. The molecule has 0 fully saturated rings. The largest absolute Gasteiger partial charge is 0.477 e. The van der Waals surface area contributed by atoms with Crippen LogP contribution in [0, 0.1) is 10.1 Å². The van der Waals surface area contributed by atoms with Gasteiger partial charge in [0.05, 0.1) is 9.82 Å². The fourth-order valence-electron chi connectivity index (χ4n) is 1.30. The highest BCUT2D eigenvalue weighted by molar-refractivity contribution is 8.00. The fourth-order valence-corrected chi connectivity index (χ4v) is 2.38. The molecular formula is C11H13NO4S. The lowest BCUT2D eigenvalue weighted by molar-refractivity contribution is -0.388. The maximum absolute atomic E-state index is 11.0. The Balaban J connectivity index is 3.35. The molecule has 0 amide bonds. The van der Waals surface area contributed by atoms with Crippen molar-refractivity contribution in [3.05, 3.63) is 33.9 Å². The van der Waals surface area contributed by atoms with Crippen molar-refractivity contribution in [1.29, 1.82) is 0 Å². The first-order valence-corrected chi connectivity index (χ1v) is 5.74. The van der Waals surface area contributed by atoms with Gasteiger partial charge in [0.15, 0.2) is 0 Å². The summed E-state index contributed by atoms with van der Waals surface area (Å²) in [6.07, 6.45) is 0. The van der Waals surface area contributed by atoms with Crippen LogP contribution in [0.2, 0.25) is 0 Å². The average molecular weight is 255 g/mol. The molecule has 1 aromatic rings. The Labute approximate surface area is 103 Å². The normalized spacial score (nSPS) is 11.2. The van der Waals surface area contributed by atoms with Gasteiger partial charge in [-0.15, -0.1) is 11.8 Å². The zero-order valence-corrected chi connectivity index (χ0v) is 10.6. The number of benzene rings is 1. The minimum Gasteiger partial charge on any atom is -0.477 e. The minimum atomic E-state index is -1.28. The summed E-state index contributed by atoms with van der Waals surface area (Å²) in [6, 6.07) is 4.33. The summed E-state index contributed by atoms with van der Waals surface area (Å²) < 4.78 is -0.220. The number of hydrogen-bond acceptors (Lipinski definition) is 4. The molecule has 17 heavy (non-hydrogen) atoms. The van der Waals surface area contributed by atoms with Crippen molar-refractivity contribution in [2.24, 2.45) is 0 Å². The molecule has 0 aliphatic rings. The molecule has 92 valence electrons. The number of hydrogen-bond donors (Lipinski definition) is 1. The van der Waals surface area contributed by atoms with E-state index in [0.717, 1.165) is 0 Å². The van der Waals surface area contributed by atoms with Crippen molar-refractivity contribution in [1.82, 2.24) is 0 Å². The molecule has 0 aliphatic carbocycles. The summed E-state index contributed by atoms with van der Waals surface area (Å²) in [4.78, 5) is 21.6. The number of carboxylic acid groups (broad SMARTS) is 1. The van der Waals surface area contributed by atoms with Crippen molar-refractivity contribution < 1.29 is 14.8 Å². The van der Waals surface area contributed by atoms with Crippen LogP contribution < -0.4 is 0 Å². The molecular weight excluding hydrogens is 242 g/mol. The number of thioether (sulfide) groups is 1. The minimum absolute atomic E-state index is 0.220. The maximum atomic E-state index is 11.0.